The number of carboxylic acids is 1. The molecule has 0 aromatic heterocycles. The number of fused-ring (bicyclic) bond motifs is 2. The van der Waals surface area contributed by atoms with E-state index in [1.165, 1.54) is 12.1 Å². The molecule has 0 spiro atoms. The molecule has 28 nitrogen and oxygen atoms in total. The molecule has 1 saturated heterocycles. The van der Waals surface area contributed by atoms with Crippen molar-refractivity contribution in [3.8, 4) is 5.75 Å². The lowest BCUT2D eigenvalue weighted by atomic mass is 9.94. The molecule has 30 heteroatoms. The number of carbonyl (C=O) groups excluding carboxylic acids is 8. The molecule has 4 aromatic rings. The summed E-state index contributed by atoms with van der Waals surface area (Å²) in [5.41, 5.74) is 1.47. The molecule has 6 rings (SSSR count). The number of carbonyl (C=O) groups is 9. The Labute approximate surface area is 676 Å². The van der Waals surface area contributed by atoms with Gasteiger partial charge in [0.2, 0.25) is 29.6 Å². The maximum absolute atomic E-state index is 14.8. The largest absolute Gasteiger partial charge is 0.487 e. The number of nitrogens with one attached hydrogen (secondary N) is 6. The Balaban J connectivity index is 1.17. The van der Waals surface area contributed by atoms with Crippen LogP contribution in [0, 0.1) is 24.3 Å². The van der Waals surface area contributed by atoms with Gasteiger partial charge in [-0.25, -0.2) is 17.9 Å². The summed E-state index contributed by atoms with van der Waals surface area (Å²) in [6.07, 6.45) is 4.50. The van der Waals surface area contributed by atoms with Crippen LogP contribution < -0.4 is 36.0 Å². The third-order valence-corrected chi connectivity index (χ3v) is 21.2. The molecule has 0 aliphatic carbocycles. The standard InChI is InChI=1S/C82H123IN12O16S/c1-55-56(2)73(57(3)64-50-82(13,14)111-72(55)64)112(106,107)90-78(91(15)16)87-41-25-30-65(75(102)86-40-22-17-21-39-85-74(101)62-36-37-63(77(104)105)61-28-19-18-27-60(61)62)89-76(103)66(88-67(96)31-24-26-58-32-34-59(83)35-33-58)29-20-23-38-84-68(97)51-92-42-44-93(52-69(98)108-79(4,5)6)46-48-95(54-71(100)110-81(10,11)12)49-47-94(45-43-92)53-70(99)109-80(7,8)9/h18-19,27-28,32-37,65-66H,17,20-26,29-31,38-54H2,1-16H3,(H,84,97)(H,85,101)(H,86,102)(H,87,90)(H,88,96)(H,89,103)(H,104,105)/t65-,66-/m0/s1. The number of nitrogens with zero attached hydrogens (tertiary/aromatic N) is 6. The maximum atomic E-state index is 14.8. The highest BCUT2D eigenvalue weighted by atomic mass is 127. The summed E-state index contributed by atoms with van der Waals surface area (Å²) in [5.74, 6) is -3.76. The van der Waals surface area contributed by atoms with Crippen LogP contribution in [0.5, 0.6) is 5.75 Å². The van der Waals surface area contributed by atoms with Gasteiger partial charge in [0.25, 0.3) is 15.9 Å². The zero-order valence-electron chi connectivity index (χ0n) is 68.8. The number of halogens is 1. The van der Waals surface area contributed by atoms with Crippen molar-refractivity contribution in [2.75, 3.05) is 119 Å². The summed E-state index contributed by atoms with van der Waals surface area (Å²) < 4.78 is 56.1. The molecule has 2 aliphatic rings. The van der Waals surface area contributed by atoms with Crippen LogP contribution >= 0.6 is 22.6 Å². The van der Waals surface area contributed by atoms with E-state index in [0.717, 1.165) is 20.3 Å². The van der Waals surface area contributed by atoms with Crippen LogP contribution in [0.15, 0.2) is 70.6 Å². The molecule has 2 aliphatic heterocycles. The predicted molar refractivity (Wildman–Crippen MR) is 441 cm³/mol. The molecule has 0 unspecified atom stereocenters. The number of aryl methyl sites for hydroxylation is 1. The van der Waals surface area contributed by atoms with Gasteiger partial charge in [-0.3, -0.25) is 62.9 Å². The van der Waals surface area contributed by atoms with Gasteiger partial charge in [-0.05, 0) is 241 Å². The minimum atomic E-state index is -4.21. The summed E-state index contributed by atoms with van der Waals surface area (Å²) in [5, 5.41) is 25.5. The molecule has 5 amide bonds. The van der Waals surface area contributed by atoms with Crippen molar-refractivity contribution in [3.63, 3.8) is 0 Å². The number of sulfonamides is 1. The van der Waals surface area contributed by atoms with Gasteiger partial charge < -0.3 is 55.5 Å². The summed E-state index contributed by atoms with van der Waals surface area (Å²) in [4.78, 5) is 137. The van der Waals surface area contributed by atoms with E-state index in [4.69, 9.17) is 18.9 Å². The molecule has 112 heavy (non-hydrogen) atoms. The Bertz CT molecular complexity index is 4010. The molecular formula is C82H123IN12O16S. The summed E-state index contributed by atoms with van der Waals surface area (Å²) >= 11 is 2.23. The zero-order valence-corrected chi connectivity index (χ0v) is 71.7. The van der Waals surface area contributed by atoms with E-state index in [2.05, 4.69) is 58.9 Å². The maximum Gasteiger partial charge on any atom is 0.336 e. The predicted octanol–water partition coefficient (Wildman–Crippen LogP) is 8.00. The van der Waals surface area contributed by atoms with E-state index >= 15 is 0 Å². The van der Waals surface area contributed by atoms with Crippen molar-refractivity contribution in [2.24, 2.45) is 4.99 Å². The van der Waals surface area contributed by atoms with Gasteiger partial charge in [-0.15, -0.1) is 0 Å². The second kappa shape index (κ2) is 42.9. The Morgan fingerprint density at radius 1 is 0.571 bits per heavy atom. The molecule has 620 valence electrons. The van der Waals surface area contributed by atoms with Crippen molar-refractivity contribution in [3.05, 3.63) is 103 Å². The number of hydrogen-bond donors (Lipinski definition) is 7. The fourth-order valence-corrected chi connectivity index (χ4v) is 15.4. The second-order valence-corrected chi connectivity index (χ2v) is 35.8. The van der Waals surface area contributed by atoms with Gasteiger partial charge in [-0.2, -0.15) is 0 Å². The van der Waals surface area contributed by atoms with E-state index in [1.54, 1.807) is 119 Å². The van der Waals surface area contributed by atoms with Gasteiger partial charge in [-0.1, -0.05) is 36.4 Å². The van der Waals surface area contributed by atoms with Crippen molar-refractivity contribution in [1.82, 2.24) is 55.8 Å². The Morgan fingerprint density at radius 3 is 1.56 bits per heavy atom. The molecular weight excluding hydrogens is 1570 g/mol. The first-order valence-electron chi connectivity index (χ1n) is 39.0. The summed E-state index contributed by atoms with van der Waals surface area (Å²) in [6.45, 7) is 29.0. The number of benzene rings is 4. The number of amides is 5. The monoisotopic (exact) mass is 1690 g/mol. The van der Waals surface area contributed by atoms with E-state index in [9.17, 15) is 56.7 Å². The van der Waals surface area contributed by atoms with Crippen LogP contribution in [0.25, 0.3) is 10.8 Å². The van der Waals surface area contributed by atoms with Crippen LogP contribution in [-0.2, 0) is 70.6 Å². The highest BCUT2D eigenvalue weighted by Gasteiger charge is 2.38. The molecule has 1 fully saturated rings. The van der Waals surface area contributed by atoms with Gasteiger partial charge in [0.05, 0.1) is 36.6 Å². The van der Waals surface area contributed by atoms with E-state index in [-0.39, 0.29) is 106 Å². The number of esters is 3. The average Bonchev–Trinajstić information content (AvgIpc) is 1.57. The first-order chi connectivity index (χ1) is 52.5. The Kier molecular flexibility index (Phi) is 35.6. The lowest BCUT2D eigenvalue weighted by Gasteiger charge is -2.34. The highest BCUT2D eigenvalue weighted by molar-refractivity contribution is 14.1. The van der Waals surface area contributed by atoms with Crippen molar-refractivity contribution in [1.29, 1.82) is 0 Å². The van der Waals surface area contributed by atoms with Crippen molar-refractivity contribution in [2.45, 2.75) is 213 Å². The van der Waals surface area contributed by atoms with Gasteiger partial charge in [0.1, 0.15) is 40.2 Å². The van der Waals surface area contributed by atoms with Crippen LogP contribution in [0.4, 0.5) is 0 Å². The van der Waals surface area contributed by atoms with E-state index < -0.39 is 80.2 Å². The van der Waals surface area contributed by atoms with E-state index in [1.807, 2.05) is 64.6 Å². The number of aliphatic imine (C=N–C) groups is 1. The molecule has 2 heterocycles. The fraction of sp³-hybridized carbons (Fsp3) is 0.610. The zero-order chi connectivity index (χ0) is 82.9. The Hall–Kier alpha value is -8.04. The normalized spacial score (nSPS) is 15.6. The SMILES string of the molecule is Cc1c(C)c(S(=O)(=O)NC(=NCCC[C@H](NC(=O)[C@H](CCCCNC(=O)CN2CCN(CC(=O)OC(C)(C)C)CCN(CC(=O)OC(C)(C)C)CCN(CC(=O)OC(C)(C)C)CC2)NC(=O)CCCc2ccc(I)cc2)C(=O)NCCCCCNC(=O)c2ccc(C(=O)O)c3ccccc23)N(C)C)c(C)c2c1OC(C)(C)C2. The second-order valence-electron chi connectivity index (χ2n) is 32.9. The Morgan fingerprint density at radius 2 is 1.04 bits per heavy atom. The molecule has 0 radical (unpaired) electrons. The van der Waals surface area contributed by atoms with Crippen molar-refractivity contribution < 1.29 is 75.6 Å². The number of carboxylic acid groups (broad SMARTS) is 1. The molecule has 2 atom stereocenters. The smallest absolute Gasteiger partial charge is 0.336 e. The third-order valence-electron chi connectivity index (χ3n) is 18.9. The van der Waals surface area contributed by atoms with E-state index in [0.29, 0.717) is 143 Å². The number of aromatic carboxylic acids is 1. The van der Waals surface area contributed by atoms with Gasteiger partial charge in [0, 0.05) is 120 Å². The van der Waals surface area contributed by atoms with Crippen molar-refractivity contribution >= 4 is 103 Å². The number of hydrogen-bond acceptors (Lipinski definition) is 20. The third kappa shape index (κ3) is 31.7. The lowest BCUT2D eigenvalue weighted by molar-refractivity contribution is -0.158. The number of unbranched alkanes of at least 4 members (excludes halogenated alkanes) is 3. The highest BCUT2D eigenvalue weighted by Crippen LogP contribution is 2.44. The number of ether oxygens (including phenoxy) is 4. The van der Waals surface area contributed by atoms with Gasteiger partial charge in [0.15, 0.2) is 0 Å². The number of guanidine groups is 1. The summed E-state index contributed by atoms with van der Waals surface area (Å²) in [6, 6.07) is 15.5. The lowest BCUT2D eigenvalue weighted by Crippen LogP contribution is -2.54. The quantitative estimate of drug-likeness (QED) is 0.00572. The minimum Gasteiger partial charge on any atom is -0.487 e. The average molecular weight is 1690 g/mol. The van der Waals surface area contributed by atoms with Crippen LogP contribution in [-0.4, -0.2) is 251 Å². The number of rotatable bonds is 35. The molecule has 0 saturated carbocycles. The fourth-order valence-electron chi connectivity index (χ4n) is 13.3. The molecule has 0 bridgehead atoms. The topological polar surface area (TPSA) is 346 Å². The van der Waals surface area contributed by atoms with Crippen LogP contribution in [0.3, 0.4) is 0 Å². The first-order valence-corrected chi connectivity index (χ1v) is 41.6. The molecule has 7 N–H and O–H groups in total. The van der Waals surface area contributed by atoms with Gasteiger partial charge >= 0.3 is 23.9 Å². The summed E-state index contributed by atoms with van der Waals surface area (Å²) in [7, 11) is -0.884. The van der Waals surface area contributed by atoms with Crippen LogP contribution in [0.2, 0.25) is 0 Å². The minimum absolute atomic E-state index is 0.0193. The first kappa shape index (κ1) is 92.8. The van der Waals surface area contributed by atoms with Crippen LogP contribution in [0.1, 0.15) is 189 Å². The molecule has 4 aromatic carbocycles.